The maximum Gasteiger partial charge on any atom is 0.246 e. The zero-order valence-electron chi connectivity index (χ0n) is 16.1. The maximum atomic E-state index is 11.6. The van der Waals surface area contributed by atoms with Crippen molar-refractivity contribution in [2.45, 2.75) is 25.3 Å². The van der Waals surface area contributed by atoms with Crippen LogP contribution in [0.5, 0.6) is 0 Å². The van der Waals surface area contributed by atoms with Crippen molar-refractivity contribution >= 4 is 5.91 Å². The lowest BCUT2D eigenvalue weighted by molar-refractivity contribution is -0.125. The van der Waals surface area contributed by atoms with E-state index in [-0.39, 0.29) is 12.5 Å². The van der Waals surface area contributed by atoms with Gasteiger partial charge in [-0.2, -0.15) is 0 Å². The SMILES string of the molecule is COCC(=O)NCC1CC2CCN1CC2CN(C)CCc1ccccn1. The number of nitrogens with zero attached hydrogens (tertiary/aromatic N) is 3. The first-order chi connectivity index (χ1) is 12.7. The Morgan fingerprint density at radius 1 is 1.46 bits per heavy atom. The molecule has 0 spiro atoms. The number of aromatic nitrogens is 1. The number of ether oxygens (including phenoxy) is 1. The number of amides is 1. The number of hydrogen-bond acceptors (Lipinski definition) is 5. The van der Waals surface area contributed by atoms with Gasteiger partial charge in [0, 0.05) is 57.6 Å². The predicted octanol–water partition coefficient (Wildman–Crippen LogP) is 1.03. The van der Waals surface area contributed by atoms with Gasteiger partial charge in [0.15, 0.2) is 0 Å². The number of carbonyl (C=O) groups is 1. The Bertz CT molecular complexity index is 568. The topological polar surface area (TPSA) is 57.7 Å². The van der Waals surface area contributed by atoms with Crippen LogP contribution in [0, 0.1) is 11.8 Å². The van der Waals surface area contributed by atoms with Gasteiger partial charge in [-0.25, -0.2) is 0 Å². The van der Waals surface area contributed by atoms with Gasteiger partial charge in [0.05, 0.1) is 0 Å². The minimum atomic E-state index is -0.0130. The van der Waals surface area contributed by atoms with Crippen molar-refractivity contribution in [3.8, 4) is 0 Å². The van der Waals surface area contributed by atoms with Crippen LogP contribution in [0.15, 0.2) is 24.4 Å². The zero-order chi connectivity index (χ0) is 18.4. The largest absolute Gasteiger partial charge is 0.375 e. The summed E-state index contributed by atoms with van der Waals surface area (Å²) in [6, 6.07) is 6.62. The summed E-state index contributed by atoms with van der Waals surface area (Å²) in [5.74, 6) is 1.51. The van der Waals surface area contributed by atoms with E-state index in [1.807, 2.05) is 12.3 Å². The zero-order valence-corrected chi connectivity index (χ0v) is 16.1. The molecule has 0 aromatic carbocycles. The summed E-state index contributed by atoms with van der Waals surface area (Å²) in [5.41, 5.74) is 1.17. The fourth-order valence-electron chi connectivity index (χ4n) is 4.43. The lowest BCUT2D eigenvalue weighted by Crippen LogP contribution is -2.58. The Morgan fingerprint density at radius 2 is 2.35 bits per heavy atom. The molecule has 1 N–H and O–H groups in total. The summed E-state index contributed by atoms with van der Waals surface area (Å²) >= 11 is 0. The Kier molecular flexibility index (Phi) is 7.00. The average molecular weight is 361 g/mol. The molecular formula is C20H32N4O2. The maximum absolute atomic E-state index is 11.6. The minimum Gasteiger partial charge on any atom is -0.375 e. The van der Waals surface area contributed by atoms with Gasteiger partial charge in [-0.15, -0.1) is 0 Å². The highest BCUT2D eigenvalue weighted by atomic mass is 16.5. The van der Waals surface area contributed by atoms with Gasteiger partial charge in [-0.1, -0.05) is 6.07 Å². The fraction of sp³-hybridized carbons (Fsp3) is 0.700. The lowest BCUT2D eigenvalue weighted by atomic mass is 9.75. The molecule has 4 unspecified atom stereocenters. The molecule has 6 heteroatoms. The monoisotopic (exact) mass is 360 g/mol. The van der Waals surface area contributed by atoms with Crippen molar-refractivity contribution in [2.24, 2.45) is 11.8 Å². The highest BCUT2D eigenvalue weighted by Crippen LogP contribution is 2.36. The van der Waals surface area contributed by atoms with Gasteiger partial charge in [0.1, 0.15) is 6.61 Å². The number of likely N-dealkylation sites (N-methyl/N-ethyl adjacent to an activating group) is 1. The number of methoxy groups -OCH3 is 1. The van der Waals surface area contributed by atoms with E-state index in [4.69, 9.17) is 4.74 Å². The molecule has 0 saturated carbocycles. The van der Waals surface area contributed by atoms with Crippen LogP contribution in [0.1, 0.15) is 18.5 Å². The molecule has 1 aromatic rings. The van der Waals surface area contributed by atoms with Crippen molar-refractivity contribution in [3.05, 3.63) is 30.1 Å². The van der Waals surface area contributed by atoms with Crippen molar-refractivity contribution in [1.82, 2.24) is 20.1 Å². The van der Waals surface area contributed by atoms with Crippen LogP contribution in [-0.2, 0) is 16.0 Å². The summed E-state index contributed by atoms with van der Waals surface area (Å²) in [4.78, 5) is 21.1. The quantitative estimate of drug-likeness (QED) is 0.713. The van der Waals surface area contributed by atoms with Crippen LogP contribution in [0.3, 0.4) is 0 Å². The van der Waals surface area contributed by atoms with Crippen LogP contribution in [-0.4, -0.2) is 80.2 Å². The van der Waals surface area contributed by atoms with Crippen molar-refractivity contribution in [1.29, 1.82) is 0 Å². The summed E-state index contributed by atoms with van der Waals surface area (Å²) < 4.78 is 4.89. The van der Waals surface area contributed by atoms with E-state index < -0.39 is 0 Å². The van der Waals surface area contributed by atoms with Crippen molar-refractivity contribution < 1.29 is 9.53 Å². The number of carbonyl (C=O) groups excluding carboxylic acids is 1. The van der Waals surface area contributed by atoms with Gasteiger partial charge in [0.25, 0.3) is 0 Å². The van der Waals surface area contributed by atoms with E-state index in [1.165, 1.54) is 25.1 Å². The van der Waals surface area contributed by atoms with Crippen LogP contribution >= 0.6 is 0 Å². The molecule has 6 nitrogen and oxygen atoms in total. The second-order valence-electron chi connectivity index (χ2n) is 7.76. The van der Waals surface area contributed by atoms with Crippen LogP contribution in [0.4, 0.5) is 0 Å². The van der Waals surface area contributed by atoms with Crippen LogP contribution < -0.4 is 5.32 Å². The molecule has 0 radical (unpaired) electrons. The van der Waals surface area contributed by atoms with Gasteiger partial charge in [-0.3, -0.25) is 14.7 Å². The number of piperidine rings is 3. The molecule has 26 heavy (non-hydrogen) atoms. The minimum absolute atomic E-state index is 0.0130. The van der Waals surface area contributed by atoms with Crippen LogP contribution in [0.25, 0.3) is 0 Å². The van der Waals surface area contributed by atoms with Gasteiger partial charge in [0.2, 0.25) is 5.91 Å². The third kappa shape index (κ3) is 5.25. The fourth-order valence-corrected chi connectivity index (χ4v) is 4.43. The molecule has 4 atom stereocenters. The predicted molar refractivity (Wildman–Crippen MR) is 102 cm³/mol. The number of rotatable bonds is 9. The summed E-state index contributed by atoms with van der Waals surface area (Å²) in [6.07, 6.45) is 5.37. The number of pyridine rings is 1. The van der Waals surface area contributed by atoms with Gasteiger partial charge >= 0.3 is 0 Å². The van der Waals surface area contributed by atoms with E-state index in [1.54, 1.807) is 7.11 Å². The smallest absolute Gasteiger partial charge is 0.246 e. The molecule has 3 aliphatic heterocycles. The Balaban J connectivity index is 1.41. The Hall–Kier alpha value is -1.50. The second kappa shape index (κ2) is 9.44. The summed E-state index contributed by atoms with van der Waals surface area (Å²) in [7, 11) is 3.78. The Morgan fingerprint density at radius 3 is 3.04 bits per heavy atom. The molecule has 3 fully saturated rings. The molecule has 144 valence electrons. The number of fused-ring (bicyclic) bond motifs is 3. The third-order valence-electron chi connectivity index (χ3n) is 5.85. The normalized spacial score (nSPS) is 27.7. The van der Waals surface area contributed by atoms with E-state index in [0.29, 0.717) is 6.04 Å². The first-order valence-electron chi connectivity index (χ1n) is 9.74. The summed E-state index contributed by atoms with van der Waals surface area (Å²) in [5, 5.41) is 3.01. The Labute approximate surface area is 156 Å². The number of hydrogen-bond donors (Lipinski definition) is 1. The lowest BCUT2D eigenvalue weighted by Gasteiger charge is -2.50. The molecule has 1 amide bonds. The average Bonchev–Trinajstić information content (AvgIpc) is 2.66. The van der Waals surface area contributed by atoms with Crippen molar-refractivity contribution in [2.75, 3.05) is 53.5 Å². The first kappa shape index (κ1) is 19.3. The van der Waals surface area contributed by atoms with E-state index >= 15 is 0 Å². The van der Waals surface area contributed by atoms with Crippen LogP contribution in [0.2, 0.25) is 0 Å². The van der Waals surface area contributed by atoms with E-state index in [0.717, 1.165) is 44.4 Å². The third-order valence-corrected chi connectivity index (χ3v) is 5.85. The van der Waals surface area contributed by atoms with Gasteiger partial charge in [-0.05, 0) is 50.4 Å². The molecule has 3 saturated heterocycles. The molecule has 1 aromatic heterocycles. The summed E-state index contributed by atoms with van der Waals surface area (Å²) in [6.45, 7) is 5.43. The van der Waals surface area contributed by atoms with Crippen molar-refractivity contribution in [3.63, 3.8) is 0 Å². The standard InChI is InChI=1S/C20H32N4O2/c1-23(9-7-18-5-3-4-8-21-18)13-17-14-24-10-6-16(17)11-19(24)12-22-20(25)15-26-2/h3-5,8,16-17,19H,6-7,9-15H2,1-2H3,(H,22,25). The highest BCUT2D eigenvalue weighted by Gasteiger charge is 2.40. The second-order valence-corrected chi connectivity index (χ2v) is 7.76. The van der Waals surface area contributed by atoms with E-state index in [2.05, 4.69) is 39.3 Å². The number of nitrogens with one attached hydrogen (secondary N) is 1. The molecule has 4 heterocycles. The van der Waals surface area contributed by atoms with Gasteiger partial charge < -0.3 is 15.0 Å². The van der Waals surface area contributed by atoms with E-state index in [9.17, 15) is 4.79 Å². The molecular weight excluding hydrogens is 328 g/mol. The molecule has 4 rings (SSSR count). The molecule has 2 bridgehead atoms. The molecule has 0 aliphatic carbocycles. The highest BCUT2D eigenvalue weighted by molar-refractivity contribution is 5.77. The first-order valence-corrected chi connectivity index (χ1v) is 9.74. The molecule has 3 aliphatic rings.